The second kappa shape index (κ2) is 5.74. The van der Waals surface area contributed by atoms with Crippen molar-refractivity contribution in [2.45, 2.75) is 30.7 Å². The molecule has 0 saturated heterocycles. The molecule has 5 heteroatoms. The van der Waals surface area contributed by atoms with E-state index in [1.165, 1.54) is 5.56 Å². The van der Waals surface area contributed by atoms with Gasteiger partial charge in [0.1, 0.15) is 0 Å². The predicted octanol–water partition coefficient (Wildman–Crippen LogP) is 2.61. The van der Waals surface area contributed by atoms with Gasteiger partial charge in [-0.1, -0.05) is 30.3 Å². The maximum absolute atomic E-state index is 13.1. The summed E-state index contributed by atoms with van der Waals surface area (Å²) in [5, 5.41) is 0. The van der Waals surface area contributed by atoms with Crippen LogP contribution in [0.4, 0.5) is 0 Å². The fraction of sp³-hybridized carbons (Fsp3) is 0.316. The van der Waals surface area contributed by atoms with Crippen LogP contribution in [0.15, 0.2) is 47.4 Å². The molecule has 2 aromatic carbocycles. The van der Waals surface area contributed by atoms with E-state index in [9.17, 15) is 13.2 Å². The molecule has 0 spiro atoms. The lowest BCUT2D eigenvalue weighted by atomic mass is 10.0. The first-order valence-corrected chi connectivity index (χ1v) is 9.92. The number of hydrogen-bond acceptors (Lipinski definition) is 3. The van der Waals surface area contributed by atoms with Gasteiger partial charge in [0.25, 0.3) is 5.91 Å². The molecular weight excluding hydrogens is 322 g/mol. The Kier molecular flexibility index (Phi) is 3.68. The van der Waals surface area contributed by atoms with E-state index >= 15 is 0 Å². The van der Waals surface area contributed by atoms with Gasteiger partial charge in [0.15, 0.2) is 9.84 Å². The van der Waals surface area contributed by atoms with Crippen LogP contribution in [0.1, 0.15) is 33.5 Å². The number of rotatable bonds is 1. The molecule has 0 aromatic heterocycles. The van der Waals surface area contributed by atoms with Crippen LogP contribution in [0.25, 0.3) is 0 Å². The predicted molar refractivity (Wildman–Crippen MR) is 91.7 cm³/mol. The Balaban J connectivity index is 1.71. The van der Waals surface area contributed by atoms with Crippen molar-refractivity contribution < 1.29 is 13.2 Å². The van der Waals surface area contributed by atoms with E-state index in [1.54, 1.807) is 23.1 Å². The highest BCUT2D eigenvalue weighted by Crippen LogP contribution is 2.28. The van der Waals surface area contributed by atoms with Crippen LogP contribution in [0.2, 0.25) is 0 Å². The van der Waals surface area contributed by atoms with E-state index in [1.807, 2.05) is 18.2 Å². The zero-order chi connectivity index (χ0) is 16.7. The van der Waals surface area contributed by atoms with Crippen molar-refractivity contribution in [3.8, 4) is 0 Å². The van der Waals surface area contributed by atoms with Crippen LogP contribution in [-0.4, -0.2) is 31.5 Å². The average Bonchev–Trinajstić information content (AvgIpc) is 3.02. The molecule has 4 nitrogen and oxygen atoms in total. The quantitative estimate of drug-likeness (QED) is 0.801. The maximum atomic E-state index is 13.1. The lowest BCUT2D eigenvalue weighted by Gasteiger charge is -2.22. The highest BCUT2D eigenvalue weighted by atomic mass is 32.2. The first-order valence-electron chi connectivity index (χ1n) is 8.27. The van der Waals surface area contributed by atoms with E-state index in [0.717, 1.165) is 30.4 Å². The van der Waals surface area contributed by atoms with Gasteiger partial charge in [0, 0.05) is 18.7 Å². The van der Waals surface area contributed by atoms with Gasteiger partial charge < -0.3 is 4.90 Å². The Morgan fingerprint density at radius 1 is 0.958 bits per heavy atom. The summed E-state index contributed by atoms with van der Waals surface area (Å²) in [6.45, 7) is 0.581. The molecule has 0 atom stereocenters. The number of nitrogens with zero attached hydrogens (tertiary/aromatic N) is 1. The zero-order valence-corrected chi connectivity index (χ0v) is 14.2. The molecule has 0 radical (unpaired) electrons. The largest absolute Gasteiger partial charge is 0.333 e. The summed E-state index contributed by atoms with van der Waals surface area (Å²) in [7, 11) is -3.33. The number of fused-ring (bicyclic) bond motifs is 2. The molecule has 124 valence electrons. The molecule has 1 aliphatic carbocycles. The first kappa shape index (κ1) is 15.4. The number of benzene rings is 2. The minimum atomic E-state index is -3.33. The van der Waals surface area contributed by atoms with Crippen molar-refractivity contribution in [1.29, 1.82) is 0 Å². The molecule has 0 bridgehead atoms. The van der Waals surface area contributed by atoms with Crippen molar-refractivity contribution >= 4 is 15.7 Å². The number of amides is 1. The third kappa shape index (κ3) is 2.53. The van der Waals surface area contributed by atoms with E-state index in [-0.39, 0.29) is 18.2 Å². The summed E-state index contributed by atoms with van der Waals surface area (Å²) >= 11 is 0. The fourth-order valence-electron chi connectivity index (χ4n) is 3.73. The number of sulfone groups is 1. The van der Waals surface area contributed by atoms with Gasteiger partial charge in [-0.3, -0.25) is 4.79 Å². The Bertz CT molecular complexity index is 918. The normalized spacial score (nSPS) is 18.6. The van der Waals surface area contributed by atoms with Crippen molar-refractivity contribution in [3.05, 3.63) is 64.7 Å². The molecular formula is C19H19NO3S. The maximum Gasteiger partial charge on any atom is 0.254 e. The van der Waals surface area contributed by atoms with E-state index in [4.69, 9.17) is 0 Å². The first-order chi connectivity index (χ1) is 11.6. The van der Waals surface area contributed by atoms with E-state index in [2.05, 4.69) is 6.07 Å². The summed E-state index contributed by atoms with van der Waals surface area (Å²) in [5.41, 5.74) is 3.84. The summed E-state index contributed by atoms with van der Waals surface area (Å²) < 4.78 is 24.9. The smallest absolute Gasteiger partial charge is 0.254 e. The van der Waals surface area contributed by atoms with Crippen LogP contribution in [0.5, 0.6) is 0 Å². The lowest BCUT2D eigenvalue weighted by Crippen LogP contribution is -2.33. The third-order valence-electron chi connectivity index (χ3n) is 4.96. The average molecular weight is 341 g/mol. The van der Waals surface area contributed by atoms with Gasteiger partial charge in [-0.2, -0.15) is 0 Å². The second-order valence-electron chi connectivity index (χ2n) is 6.45. The Morgan fingerprint density at radius 2 is 1.75 bits per heavy atom. The Labute approximate surface area is 142 Å². The number of carbonyl (C=O) groups is 1. The van der Waals surface area contributed by atoms with Gasteiger partial charge in [0.05, 0.1) is 10.6 Å². The standard InChI is InChI=1S/C19H19NO3S/c21-19(17-9-4-7-14-6-3-8-16(14)17)20-11-12-24(22,23)18-10-2-1-5-15(18)13-20/h1-2,4-5,7,9-10H,3,6,8,11-13H2. The second-order valence-corrected chi connectivity index (χ2v) is 8.53. The molecule has 0 fully saturated rings. The fourth-order valence-corrected chi connectivity index (χ4v) is 5.23. The lowest BCUT2D eigenvalue weighted by molar-refractivity contribution is 0.0753. The molecule has 24 heavy (non-hydrogen) atoms. The summed E-state index contributed by atoms with van der Waals surface area (Å²) in [5.74, 6) is -0.0780. The Morgan fingerprint density at radius 3 is 2.62 bits per heavy atom. The summed E-state index contributed by atoms with van der Waals surface area (Å²) in [4.78, 5) is 15.1. The molecule has 1 aliphatic heterocycles. The Hall–Kier alpha value is -2.14. The monoisotopic (exact) mass is 341 g/mol. The third-order valence-corrected chi connectivity index (χ3v) is 6.75. The molecule has 0 unspecified atom stereocenters. The summed E-state index contributed by atoms with van der Waals surface area (Å²) in [6.07, 6.45) is 3.03. The minimum absolute atomic E-state index is 0.0230. The van der Waals surface area contributed by atoms with Crippen molar-refractivity contribution in [2.75, 3.05) is 12.3 Å². The molecule has 4 rings (SSSR count). The van der Waals surface area contributed by atoms with Crippen molar-refractivity contribution in [3.63, 3.8) is 0 Å². The molecule has 0 N–H and O–H groups in total. The molecule has 2 aromatic rings. The molecule has 1 amide bonds. The van der Waals surface area contributed by atoms with Crippen LogP contribution in [-0.2, 0) is 29.2 Å². The topological polar surface area (TPSA) is 54.5 Å². The van der Waals surface area contributed by atoms with Crippen LogP contribution in [0, 0.1) is 0 Å². The molecule has 2 aliphatic rings. The van der Waals surface area contributed by atoms with Crippen LogP contribution < -0.4 is 0 Å². The highest BCUT2D eigenvalue weighted by Gasteiger charge is 2.29. The summed E-state index contributed by atoms with van der Waals surface area (Å²) in [6, 6.07) is 12.9. The van der Waals surface area contributed by atoms with Gasteiger partial charge in [-0.25, -0.2) is 8.42 Å². The number of aryl methyl sites for hydroxylation is 1. The highest BCUT2D eigenvalue weighted by molar-refractivity contribution is 7.91. The van der Waals surface area contributed by atoms with Gasteiger partial charge >= 0.3 is 0 Å². The van der Waals surface area contributed by atoms with Gasteiger partial charge in [0.2, 0.25) is 0 Å². The van der Waals surface area contributed by atoms with E-state index < -0.39 is 9.84 Å². The SMILES string of the molecule is O=C(c1cccc2c1CCC2)N1CCS(=O)(=O)c2ccccc2C1. The molecule has 0 saturated carbocycles. The van der Waals surface area contributed by atoms with E-state index in [0.29, 0.717) is 17.0 Å². The zero-order valence-electron chi connectivity index (χ0n) is 13.4. The number of carbonyl (C=O) groups excluding carboxylic acids is 1. The van der Waals surface area contributed by atoms with Crippen molar-refractivity contribution in [2.24, 2.45) is 0 Å². The minimum Gasteiger partial charge on any atom is -0.333 e. The van der Waals surface area contributed by atoms with Crippen molar-refractivity contribution in [1.82, 2.24) is 4.90 Å². The van der Waals surface area contributed by atoms with Crippen LogP contribution in [0.3, 0.4) is 0 Å². The van der Waals surface area contributed by atoms with Gasteiger partial charge in [-0.05, 0) is 48.1 Å². The van der Waals surface area contributed by atoms with Crippen LogP contribution >= 0.6 is 0 Å². The number of hydrogen-bond donors (Lipinski definition) is 0. The molecule has 1 heterocycles. The van der Waals surface area contributed by atoms with Gasteiger partial charge in [-0.15, -0.1) is 0 Å².